The summed E-state index contributed by atoms with van der Waals surface area (Å²) in [5.74, 6) is -0.400. The van der Waals surface area contributed by atoms with Gasteiger partial charge in [-0.1, -0.05) is 6.92 Å². The Hall–Kier alpha value is -1.64. The van der Waals surface area contributed by atoms with Crippen LogP contribution in [-0.4, -0.2) is 55.5 Å². The molecule has 0 N–H and O–H groups in total. The Morgan fingerprint density at radius 1 is 1.16 bits per heavy atom. The van der Waals surface area contributed by atoms with Crippen LogP contribution in [0.2, 0.25) is 0 Å². The lowest BCUT2D eigenvalue weighted by molar-refractivity contribution is -0.0306. The largest absolute Gasteiger partial charge is 0.420 e. The third-order valence-electron chi connectivity index (χ3n) is 7.47. The van der Waals surface area contributed by atoms with Gasteiger partial charge in [-0.15, -0.1) is 0 Å². The molecule has 2 fully saturated rings. The Bertz CT molecular complexity index is 1120. The molecule has 32 heavy (non-hydrogen) atoms. The second-order valence-corrected chi connectivity index (χ2v) is 11.9. The summed E-state index contributed by atoms with van der Waals surface area (Å²) in [6.45, 7) is 8.94. The van der Waals surface area contributed by atoms with E-state index >= 15 is 0 Å². The first-order chi connectivity index (χ1) is 15.1. The van der Waals surface area contributed by atoms with E-state index in [1.54, 1.807) is 23.6 Å². The highest BCUT2D eigenvalue weighted by Gasteiger charge is 2.39. The molecule has 1 aromatic carbocycles. The molecule has 0 radical (unpaired) electrons. The Morgan fingerprint density at radius 3 is 2.41 bits per heavy atom. The molecule has 0 atom stereocenters. The van der Waals surface area contributed by atoms with Crippen LogP contribution in [0, 0.1) is 6.92 Å². The molecule has 1 saturated carbocycles. The van der Waals surface area contributed by atoms with E-state index in [4.69, 9.17) is 9.15 Å². The lowest BCUT2D eigenvalue weighted by Gasteiger charge is -2.48. The van der Waals surface area contributed by atoms with Crippen molar-refractivity contribution in [2.75, 3.05) is 26.0 Å². The Morgan fingerprint density at radius 2 is 1.81 bits per heavy atom. The van der Waals surface area contributed by atoms with Crippen molar-refractivity contribution >= 4 is 20.9 Å². The number of oxazole rings is 1. The Balaban J connectivity index is 1.49. The summed E-state index contributed by atoms with van der Waals surface area (Å²) in [5.41, 5.74) is 1.82. The summed E-state index contributed by atoms with van der Waals surface area (Å²) in [7, 11) is -3.38. The van der Waals surface area contributed by atoms with Crippen LogP contribution in [0.1, 0.15) is 70.4 Å². The van der Waals surface area contributed by atoms with E-state index in [9.17, 15) is 13.2 Å². The monoisotopic (exact) mass is 464 g/mol. The normalized spacial score (nSPS) is 26.1. The molecule has 8 heteroatoms. The summed E-state index contributed by atoms with van der Waals surface area (Å²) in [6, 6.07) is 3.29. The number of fused-ring (bicyclic) bond motifs is 1. The molecule has 0 amide bonds. The van der Waals surface area contributed by atoms with Crippen LogP contribution in [0.25, 0.3) is 11.1 Å². The standard InChI is InChI=1S/C24H36N2O5S/c1-5-14-30-19-6-10-24(3,11-7-19)25-12-8-18(9-13-25)26-20-16-22(32(4,28)29)17(2)15-21(20)31-23(26)27/h15-16,18-19H,5-14H2,1-4H3. The second-order valence-electron chi connectivity index (χ2n) is 9.88. The van der Waals surface area contributed by atoms with E-state index in [-0.39, 0.29) is 16.5 Å². The van der Waals surface area contributed by atoms with Crippen molar-refractivity contribution in [1.82, 2.24) is 9.47 Å². The predicted octanol–water partition coefficient (Wildman–Crippen LogP) is 4.07. The lowest BCUT2D eigenvalue weighted by Crippen LogP contribution is -2.53. The predicted molar refractivity (Wildman–Crippen MR) is 125 cm³/mol. The second kappa shape index (κ2) is 8.95. The van der Waals surface area contributed by atoms with Crippen LogP contribution in [0.3, 0.4) is 0 Å². The van der Waals surface area contributed by atoms with Gasteiger partial charge in [0.25, 0.3) is 0 Å². The fourth-order valence-corrected chi connectivity index (χ4v) is 6.52. The van der Waals surface area contributed by atoms with E-state index in [0.717, 1.165) is 64.6 Å². The fraction of sp³-hybridized carbons (Fsp3) is 0.708. The quantitative estimate of drug-likeness (QED) is 0.641. The zero-order valence-corrected chi connectivity index (χ0v) is 20.5. The van der Waals surface area contributed by atoms with Gasteiger partial charge in [0.05, 0.1) is 16.5 Å². The third-order valence-corrected chi connectivity index (χ3v) is 8.71. The maximum atomic E-state index is 12.7. The van der Waals surface area contributed by atoms with E-state index in [2.05, 4.69) is 18.7 Å². The summed E-state index contributed by atoms with van der Waals surface area (Å²) < 4.78 is 37.5. The molecule has 2 heterocycles. The zero-order chi connectivity index (χ0) is 23.1. The van der Waals surface area contributed by atoms with Gasteiger partial charge in [-0.2, -0.15) is 0 Å². The van der Waals surface area contributed by atoms with Crippen LogP contribution in [-0.2, 0) is 14.6 Å². The number of likely N-dealkylation sites (tertiary alicyclic amines) is 1. The average molecular weight is 465 g/mol. The number of piperidine rings is 1. The number of hydrogen-bond donors (Lipinski definition) is 0. The number of aromatic nitrogens is 1. The molecular weight excluding hydrogens is 428 g/mol. The van der Waals surface area contributed by atoms with Crippen molar-refractivity contribution in [2.45, 2.75) is 88.3 Å². The van der Waals surface area contributed by atoms with E-state index < -0.39 is 15.6 Å². The summed E-state index contributed by atoms with van der Waals surface area (Å²) in [4.78, 5) is 15.5. The first-order valence-corrected chi connectivity index (χ1v) is 13.7. The first kappa shape index (κ1) is 23.5. The van der Waals surface area contributed by atoms with Gasteiger partial charge < -0.3 is 9.15 Å². The minimum Gasteiger partial charge on any atom is -0.408 e. The number of benzene rings is 1. The average Bonchev–Trinajstić information content (AvgIpc) is 3.06. The van der Waals surface area contributed by atoms with Crippen molar-refractivity contribution in [3.05, 3.63) is 28.2 Å². The number of aryl methyl sites for hydroxylation is 1. The topological polar surface area (TPSA) is 81.8 Å². The first-order valence-electron chi connectivity index (χ1n) is 11.8. The highest BCUT2D eigenvalue weighted by Crippen LogP contribution is 2.38. The molecule has 0 spiro atoms. The Labute approximate surface area is 190 Å². The van der Waals surface area contributed by atoms with Crippen LogP contribution >= 0.6 is 0 Å². The van der Waals surface area contributed by atoms with Crippen molar-refractivity contribution < 1.29 is 17.6 Å². The highest BCUT2D eigenvalue weighted by atomic mass is 32.2. The van der Waals surface area contributed by atoms with Crippen molar-refractivity contribution in [3.8, 4) is 0 Å². The molecule has 1 saturated heterocycles. The zero-order valence-electron chi connectivity index (χ0n) is 19.7. The molecule has 2 aliphatic rings. The molecule has 1 aliphatic heterocycles. The molecule has 178 valence electrons. The van der Waals surface area contributed by atoms with Crippen molar-refractivity contribution in [1.29, 1.82) is 0 Å². The van der Waals surface area contributed by atoms with Crippen molar-refractivity contribution in [3.63, 3.8) is 0 Å². The molecule has 7 nitrogen and oxygen atoms in total. The van der Waals surface area contributed by atoms with Gasteiger partial charge in [0.2, 0.25) is 0 Å². The van der Waals surface area contributed by atoms with Gasteiger partial charge in [-0.3, -0.25) is 9.47 Å². The van der Waals surface area contributed by atoms with Crippen LogP contribution in [0.4, 0.5) is 0 Å². The molecule has 4 rings (SSSR count). The minimum atomic E-state index is -3.38. The summed E-state index contributed by atoms with van der Waals surface area (Å²) in [6.07, 6.45) is 8.84. The number of hydrogen-bond acceptors (Lipinski definition) is 6. The minimum absolute atomic E-state index is 0.0166. The van der Waals surface area contributed by atoms with Gasteiger partial charge in [-0.05, 0) is 76.5 Å². The van der Waals surface area contributed by atoms with Crippen LogP contribution in [0.5, 0.6) is 0 Å². The fourth-order valence-electron chi connectivity index (χ4n) is 5.55. The number of nitrogens with zero attached hydrogens (tertiary/aromatic N) is 2. The molecule has 2 aromatic rings. The van der Waals surface area contributed by atoms with Gasteiger partial charge in [0.15, 0.2) is 15.4 Å². The maximum absolute atomic E-state index is 12.7. The van der Waals surface area contributed by atoms with E-state index in [1.165, 1.54) is 6.26 Å². The molecule has 0 bridgehead atoms. The lowest BCUT2D eigenvalue weighted by atomic mass is 9.79. The SMILES string of the molecule is CCCOC1CCC(C)(N2CCC(n3c(=O)oc4cc(C)c(S(C)(=O)=O)cc43)CC2)CC1. The molecule has 1 aliphatic carbocycles. The number of rotatable bonds is 6. The van der Waals surface area contributed by atoms with Crippen molar-refractivity contribution in [2.24, 2.45) is 0 Å². The Kier molecular flexibility index (Phi) is 6.58. The molecule has 0 unspecified atom stereocenters. The maximum Gasteiger partial charge on any atom is 0.420 e. The number of sulfone groups is 1. The summed E-state index contributed by atoms with van der Waals surface area (Å²) >= 11 is 0. The van der Waals surface area contributed by atoms with Gasteiger partial charge in [-0.25, -0.2) is 13.2 Å². The van der Waals surface area contributed by atoms with Gasteiger partial charge in [0.1, 0.15) is 0 Å². The highest BCUT2D eigenvalue weighted by molar-refractivity contribution is 7.90. The molecular formula is C24H36N2O5S. The third kappa shape index (κ3) is 4.54. The van der Waals surface area contributed by atoms with E-state index in [0.29, 0.717) is 22.8 Å². The van der Waals surface area contributed by atoms with Crippen LogP contribution in [0.15, 0.2) is 26.2 Å². The summed E-state index contributed by atoms with van der Waals surface area (Å²) in [5, 5.41) is 0. The van der Waals surface area contributed by atoms with Gasteiger partial charge >= 0.3 is 5.76 Å². The van der Waals surface area contributed by atoms with Crippen LogP contribution < -0.4 is 5.76 Å². The smallest absolute Gasteiger partial charge is 0.408 e. The van der Waals surface area contributed by atoms with Gasteiger partial charge in [0, 0.05) is 37.5 Å². The number of ether oxygens (including phenoxy) is 1. The van der Waals surface area contributed by atoms with E-state index in [1.807, 2.05) is 0 Å². The molecule has 1 aromatic heterocycles.